The summed E-state index contributed by atoms with van der Waals surface area (Å²) in [5.74, 6) is 0.150. The fraction of sp³-hybridized carbons (Fsp3) is 0.348. The van der Waals surface area contributed by atoms with Gasteiger partial charge in [0.2, 0.25) is 11.8 Å². The normalized spacial score (nSPS) is 14.1. The van der Waals surface area contributed by atoms with Gasteiger partial charge in [-0.2, -0.15) is 0 Å². The van der Waals surface area contributed by atoms with Crippen molar-refractivity contribution < 1.29 is 9.59 Å². The molecule has 1 fully saturated rings. The van der Waals surface area contributed by atoms with Crippen LogP contribution in [0.15, 0.2) is 42.5 Å². The molecule has 4 rings (SSSR count). The fourth-order valence-electron chi connectivity index (χ4n) is 3.66. The first-order chi connectivity index (χ1) is 15.0. The Balaban J connectivity index is 1.30. The zero-order valence-corrected chi connectivity index (χ0v) is 19.0. The predicted octanol–water partition coefficient (Wildman–Crippen LogP) is 4.58. The van der Waals surface area contributed by atoms with Gasteiger partial charge < -0.3 is 15.1 Å². The topological polar surface area (TPSA) is 65.5 Å². The van der Waals surface area contributed by atoms with Gasteiger partial charge in [-0.25, -0.2) is 4.98 Å². The van der Waals surface area contributed by atoms with Gasteiger partial charge >= 0.3 is 0 Å². The number of aromatic nitrogens is 1. The number of benzene rings is 2. The molecule has 162 valence electrons. The number of fused-ring (bicyclic) bond motifs is 1. The zero-order valence-electron chi connectivity index (χ0n) is 17.4. The summed E-state index contributed by atoms with van der Waals surface area (Å²) in [5.41, 5.74) is 3.12. The van der Waals surface area contributed by atoms with Gasteiger partial charge in [-0.05, 0) is 48.4 Å². The van der Waals surface area contributed by atoms with E-state index in [1.807, 2.05) is 48.2 Å². The fourth-order valence-corrected chi connectivity index (χ4v) is 4.73. The number of nitrogens with one attached hydrogen (secondary N) is 1. The van der Waals surface area contributed by atoms with Crippen molar-refractivity contribution in [2.75, 3.05) is 36.4 Å². The average Bonchev–Trinajstić information content (AvgIpc) is 3.19. The Kier molecular flexibility index (Phi) is 6.73. The Bertz CT molecular complexity index is 1070. The highest BCUT2D eigenvalue weighted by molar-refractivity contribution is 7.22. The second-order valence-electron chi connectivity index (χ2n) is 7.57. The van der Waals surface area contributed by atoms with Crippen LogP contribution in [0.3, 0.4) is 0 Å². The number of hydrogen-bond acceptors (Lipinski definition) is 5. The average molecular weight is 457 g/mol. The second kappa shape index (κ2) is 9.66. The Morgan fingerprint density at radius 2 is 1.84 bits per heavy atom. The molecule has 1 aromatic heterocycles. The largest absolute Gasteiger partial charge is 0.368 e. The molecule has 0 radical (unpaired) electrons. The number of thiazole rings is 1. The van der Waals surface area contributed by atoms with Crippen LogP contribution in [-0.2, 0) is 16.0 Å². The molecular formula is C23H25ClN4O2S. The molecule has 2 amide bonds. The van der Waals surface area contributed by atoms with E-state index in [1.54, 1.807) is 0 Å². The first kappa shape index (κ1) is 21.6. The molecule has 31 heavy (non-hydrogen) atoms. The van der Waals surface area contributed by atoms with Crippen LogP contribution in [0.4, 0.5) is 10.8 Å². The number of anilines is 2. The summed E-state index contributed by atoms with van der Waals surface area (Å²) in [4.78, 5) is 33.0. The lowest BCUT2D eigenvalue weighted by atomic mass is 10.1. The number of nitrogens with zero attached hydrogens (tertiary/aromatic N) is 3. The quantitative estimate of drug-likeness (QED) is 0.589. The third-order valence-corrected chi connectivity index (χ3v) is 6.66. The van der Waals surface area contributed by atoms with Crippen LogP contribution in [-0.4, -0.2) is 47.9 Å². The second-order valence-corrected chi connectivity index (χ2v) is 9.03. The molecule has 0 spiro atoms. The third kappa shape index (κ3) is 5.35. The van der Waals surface area contributed by atoms with Crippen LogP contribution in [0.5, 0.6) is 0 Å². The highest BCUT2D eigenvalue weighted by Gasteiger charge is 2.21. The lowest BCUT2D eigenvalue weighted by Gasteiger charge is -2.36. The molecule has 1 N–H and O–H groups in total. The molecule has 6 nitrogen and oxygen atoms in total. The highest BCUT2D eigenvalue weighted by atomic mass is 35.5. The van der Waals surface area contributed by atoms with Crippen LogP contribution in [0.2, 0.25) is 5.02 Å². The lowest BCUT2D eigenvalue weighted by molar-refractivity contribution is -0.131. The van der Waals surface area contributed by atoms with Crippen LogP contribution >= 0.6 is 22.9 Å². The molecule has 0 unspecified atom stereocenters. The molecule has 0 saturated carbocycles. The number of piperazine rings is 1. The van der Waals surface area contributed by atoms with Crippen molar-refractivity contribution in [3.63, 3.8) is 0 Å². The summed E-state index contributed by atoms with van der Waals surface area (Å²) in [6, 6.07) is 13.9. The van der Waals surface area contributed by atoms with E-state index in [0.29, 0.717) is 24.4 Å². The van der Waals surface area contributed by atoms with Crippen molar-refractivity contribution >= 4 is 55.8 Å². The highest BCUT2D eigenvalue weighted by Crippen LogP contribution is 2.27. The Morgan fingerprint density at radius 1 is 1.10 bits per heavy atom. The van der Waals surface area contributed by atoms with Crippen LogP contribution in [0.25, 0.3) is 10.2 Å². The van der Waals surface area contributed by atoms with Gasteiger partial charge in [-0.15, -0.1) is 0 Å². The van der Waals surface area contributed by atoms with E-state index in [4.69, 9.17) is 11.6 Å². The first-order valence-corrected chi connectivity index (χ1v) is 11.7. The third-order valence-electron chi connectivity index (χ3n) is 5.47. The van der Waals surface area contributed by atoms with E-state index in [0.717, 1.165) is 52.7 Å². The maximum atomic E-state index is 12.7. The van der Waals surface area contributed by atoms with Gasteiger partial charge in [0.15, 0.2) is 5.13 Å². The molecule has 8 heteroatoms. The number of rotatable bonds is 6. The maximum Gasteiger partial charge on any atom is 0.225 e. The van der Waals surface area contributed by atoms with Gasteiger partial charge in [0, 0.05) is 49.7 Å². The van der Waals surface area contributed by atoms with Gasteiger partial charge in [0.1, 0.15) is 0 Å². The minimum atomic E-state index is -0.0407. The Labute approximate surface area is 190 Å². The van der Waals surface area contributed by atoms with Crippen LogP contribution in [0, 0.1) is 0 Å². The van der Waals surface area contributed by atoms with Gasteiger partial charge in [0.05, 0.1) is 10.2 Å². The summed E-state index contributed by atoms with van der Waals surface area (Å²) < 4.78 is 1.02. The van der Waals surface area contributed by atoms with Crippen LogP contribution < -0.4 is 10.2 Å². The molecule has 2 aromatic carbocycles. The molecule has 1 aliphatic rings. The minimum absolute atomic E-state index is 0.0407. The number of halogens is 1. The van der Waals surface area contributed by atoms with Crippen molar-refractivity contribution in [3.05, 3.63) is 53.1 Å². The van der Waals surface area contributed by atoms with E-state index in [2.05, 4.69) is 21.3 Å². The van der Waals surface area contributed by atoms with Crippen LogP contribution in [0.1, 0.15) is 25.3 Å². The summed E-state index contributed by atoms with van der Waals surface area (Å²) in [6.07, 6.45) is 1.61. The number of carbonyl (C=O) groups is 2. The van der Waals surface area contributed by atoms with Crippen molar-refractivity contribution in [2.45, 2.75) is 26.2 Å². The smallest absolute Gasteiger partial charge is 0.225 e. The minimum Gasteiger partial charge on any atom is -0.368 e. The monoisotopic (exact) mass is 456 g/mol. The van der Waals surface area contributed by atoms with Gasteiger partial charge in [-0.3, -0.25) is 9.59 Å². The summed E-state index contributed by atoms with van der Waals surface area (Å²) in [5, 5.41) is 4.16. The van der Waals surface area contributed by atoms with Crippen molar-refractivity contribution in [2.24, 2.45) is 0 Å². The van der Waals surface area contributed by atoms with E-state index in [9.17, 15) is 9.59 Å². The van der Waals surface area contributed by atoms with E-state index in [-0.39, 0.29) is 11.8 Å². The van der Waals surface area contributed by atoms with Crippen molar-refractivity contribution in [1.82, 2.24) is 9.88 Å². The maximum absolute atomic E-state index is 12.7. The molecule has 3 aromatic rings. The zero-order chi connectivity index (χ0) is 21.8. The SMILES string of the molecule is CCC(=O)Nc1nc2ccc(CCC(=O)N3CCN(c4ccc(Cl)cc4)CC3)cc2s1. The molecular weight excluding hydrogens is 432 g/mol. The molecule has 2 heterocycles. The molecule has 0 bridgehead atoms. The molecule has 0 atom stereocenters. The first-order valence-electron chi connectivity index (χ1n) is 10.5. The molecule has 1 aliphatic heterocycles. The predicted molar refractivity (Wildman–Crippen MR) is 127 cm³/mol. The van der Waals surface area contributed by atoms with E-state index >= 15 is 0 Å². The molecule has 0 aliphatic carbocycles. The standard InChI is InChI=1S/C23H25ClN4O2S/c1-2-21(29)26-23-25-19-9-3-16(15-20(19)31-23)4-10-22(30)28-13-11-27(12-14-28)18-7-5-17(24)6-8-18/h3,5-9,15H,2,4,10-14H2,1H3,(H,25,26,29). The summed E-state index contributed by atoms with van der Waals surface area (Å²) >= 11 is 7.43. The number of amides is 2. The lowest BCUT2D eigenvalue weighted by Crippen LogP contribution is -2.48. The number of carbonyl (C=O) groups excluding carboxylic acids is 2. The Morgan fingerprint density at radius 3 is 2.55 bits per heavy atom. The summed E-state index contributed by atoms with van der Waals surface area (Å²) in [6.45, 7) is 4.93. The van der Waals surface area contributed by atoms with E-state index < -0.39 is 0 Å². The van der Waals surface area contributed by atoms with Crippen molar-refractivity contribution in [3.8, 4) is 0 Å². The van der Waals surface area contributed by atoms with Gasteiger partial charge in [0.25, 0.3) is 0 Å². The number of hydrogen-bond donors (Lipinski definition) is 1. The van der Waals surface area contributed by atoms with Crippen molar-refractivity contribution in [1.29, 1.82) is 0 Å². The van der Waals surface area contributed by atoms with E-state index in [1.165, 1.54) is 11.3 Å². The molecule has 1 saturated heterocycles. The Hall–Kier alpha value is -2.64. The number of aryl methyl sites for hydroxylation is 1. The van der Waals surface area contributed by atoms with Gasteiger partial charge in [-0.1, -0.05) is 35.9 Å². The summed E-state index contributed by atoms with van der Waals surface area (Å²) in [7, 11) is 0.